The summed E-state index contributed by atoms with van der Waals surface area (Å²) in [7, 11) is 0. The van der Waals surface area contributed by atoms with Crippen LogP contribution >= 0.6 is 15.9 Å². The van der Waals surface area contributed by atoms with Crippen LogP contribution < -0.4 is 5.73 Å². The number of nitrogens with zero attached hydrogens (tertiary/aromatic N) is 1. The number of hydrogen-bond acceptors (Lipinski definition) is 2. The SMILES string of the molecule is Cc1cc2[nH]c(CN)nc2cc1Br. The first kappa shape index (κ1) is 8.72. The first-order valence-corrected chi connectivity index (χ1v) is 4.85. The van der Waals surface area contributed by atoms with Crippen LogP contribution in [0.1, 0.15) is 11.4 Å². The van der Waals surface area contributed by atoms with E-state index in [0.717, 1.165) is 21.3 Å². The maximum Gasteiger partial charge on any atom is 0.121 e. The number of aryl methyl sites for hydroxylation is 1. The Labute approximate surface area is 84.5 Å². The van der Waals surface area contributed by atoms with Gasteiger partial charge < -0.3 is 10.7 Å². The molecule has 2 aromatic rings. The Morgan fingerprint density at radius 2 is 2.31 bits per heavy atom. The molecule has 0 atom stereocenters. The fraction of sp³-hybridized carbons (Fsp3) is 0.222. The van der Waals surface area contributed by atoms with Gasteiger partial charge in [0.15, 0.2) is 0 Å². The molecular formula is C9H10BrN3. The Morgan fingerprint density at radius 3 is 3.00 bits per heavy atom. The minimum Gasteiger partial charge on any atom is -0.341 e. The lowest BCUT2D eigenvalue weighted by Gasteiger charge is -1.95. The second kappa shape index (κ2) is 3.12. The summed E-state index contributed by atoms with van der Waals surface area (Å²) < 4.78 is 1.08. The Bertz CT molecular complexity index is 408. The summed E-state index contributed by atoms with van der Waals surface area (Å²) >= 11 is 3.46. The van der Waals surface area contributed by atoms with E-state index in [-0.39, 0.29) is 0 Å². The summed E-state index contributed by atoms with van der Waals surface area (Å²) in [5, 5.41) is 0. The van der Waals surface area contributed by atoms with E-state index in [1.807, 2.05) is 13.0 Å². The number of aromatic amines is 1. The molecule has 0 spiro atoms. The van der Waals surface area contributed by atoms with E-state index in [1.165, 1.54) is 5.56 Å². The van der Waals surface area contributed by atoms with E-state index in [2.05, 4.69) is 32.0 Å². The Hall–Kier alpha value is -0.870. The predicted octanol–water partition coefficient (Wildman–Crippen LogP) is 2.09. The number of rotatable bonds is 1. The molecule has 1 aromatic carbocycles. The van der Waals surface area contributed by atoms with Crippen LogP contribution in [0, 0.1) is 6.92 Å². The molecule has 68 valence electrons. The third kappa shape index (κ3) is 1.47. The number of halogens is 1. The molecule has 0 aliphatic heterocycles. The van der Waals surface area contributed by atoms with Crippen LogP contribution in [0.25, 0.3) is 11.0 Å². The van der Waals surface area contributed by atoms with Crippen LogP contribution in [0.15, 0.2) is 16.6 Å². The standard InChI is InChI=1S/C9H10BrN3/c1-5-2-7-8(3-6(5)10)13-9(4-11)12-7/h2-3H,4,11H2,1H3,(H,12,13). The minimum absolute atomic E-state index is 0.450. The molecule has 3 nitrogen and oxygen atoms in total. The van der Waals surface area contributed by atoms with Gasteiger partial charge >= 0.3 is 0 Å². The molecule has 0 unspecified atom stereocenters. The molecule has 0 bridgehead atoms. The normalized spacial score (nSPS) is 11.0. The first-order chi connectivity index (χ1) is 6.20. The summed E-state index contributed by atoms with van der Waals surface area (Å²) in [6, 6.07) is 4.06. The Kier molecular flexibility index (Phi) is 2.09. The number of imidazole rings is 1. The molecule has 3 N–H and O–H groups in total. The van der Waals surface area contributed by atoms with Crippen LogP contribution in [-0.2, 0) is 6.54 Å². The van der Waals surface area contributed by atoms with E-state index in [0.29, 0.717) is 6.54 Å². The van der Waals surface area contributed by atoms with Gasteiger partial charge in [-0.1, -0.05) is 15.9 Å². The highest BCUT2D eigenvalue weighted by molar-refractivity contribution is 9.10. The fourth-order valence-electron chi connectivity index (χ4n) is 1.29. The van der Waals surface area contributed by atoms with Gasteiger partial charge in [0.2, 0.25) is 0 Å². The molecule has 0 radical (unpaired) electrons. The van der Waals surface area contributed by atoms with Gasteiger partial charge in [0.05, 0.1) is 17.6 Å². The van der Waals surface area contributed by atoms with Crippen molar-refractivity contribution in [2.75, 3.05) is 0 Å². The van der Waals surface area contributed by atoms with Gasteiger partial charge in [0.1, 0.15) is 5.82 Å². The molecule has 13 heavy (non-hydrogen) atoms. The van der Waals surface area contributed by atoms with Crippen molar-refractivity contribution in [3.8, 4) is 0 Å². The van der Waals surface area contributed by atoms with Crippen molar-refractivity contribution in [1.82, 2.24) is 9.97 Å². The lowest BCUT2D eigenvalue weighted by Crippen LogP contribution is -1.97. The topological polar surface area (TPSA) is 54.7 Å². The quantitative estimate of drug-likeness (QED) is 0.801. The average Bonchev–Trinajstić information content (AvgIpc) is 2.48. The Balaban J connectivity index is 2.70. The fourth-order valence-corrected chi connectivity index (χ4v) is 1.62. The predicted molar refractivity (Wildman–Crippen MR) is 56.4 cm³/mol. The van der Waals surface area contributed by atoms with Crippen molar-refractivity contribution in [3.63, 3.8) is 0 Å². The van der Waals surface area contributed by atoms with Gasteiger partial charge in [-0.15, -0.1) is 0 Å². The van der Waals surface area contributed by atoms with Crippen molar-refractivity contribution >= 4 is 27.0 Å². The lowest BCUT2D eigenvalue weighted by atomic mass is 10.2. The van der Waals surface area contributed by atoms with E-state index in [4.69, 9.17) is 5.73 Å². The van der Waals surface area contributed by atoms with Crippen LogP contribution in [0.5, 0.6) is 0 Å². The van der Waals surface area contributed by atoms with E-state index in [9.17, 15) is 0 Å². The van der Waals surface area contributed by atoms with Crippen molar-refractivity contribution in [3.05, 3.63) is 28.0 Å². The number of nitrogens with one attached hydrogen (secondary N) is 1. The van der Waals surface area contributed by atoms with Gasteiger partial charge in [0, 0.05) is 4.47 Å². The summed E-state index contributed by atoms with van der Waals surface area (Å²) in [6.45, 7) is 2.50. The number of hydrogen-bond donors (Lipinski definition) is 2. The largest absolute Gasteiger partial charge is 0.341 e. The number of H-pyrrole nitrogens is 1. The molecule has 2 rings (SSSR count). The number of aromatic nitrogens is 2. The van der Waals surface area contributed by atoms with Crippen molar-refractivity contribution in [2.45, 2.75) is 13.5 Å². The van der Waals surface area contributed by atoms with Crippen LogP contribution in [-0.4, -0.2) is 9.97 Å². The van der Waals surface area contributed by atoms with Crippen molar-refractivity contribution in [2.24, 2.45) is 5.73 Å². The van der Waals surface area contributed by atoms with Gasteiger partial charge in [-0.2, -0.15) is 0 Å². The van der Waals surface area contributed by atoms with Crippen LogP contribution in [0.2, 0.25) is 0 Å². The van der Waals surface area contributed by atoms with Gasteiger partial charge in [-0.05, 0) is 24.6 Å². The molecule has 1 heterocycles. The smallest absolute Gasteiger partial charge is 0.121 e. The molecular weight excluding hydrogens is 230 g/mol. The summed E-state index contributed by atoms with van der Waals surface area (Å²) in [4.78, 5) is 7.48. The third-order valence-electron chi connectivity index (χ3n) is 2.00. The molecule has 0 aliphatic carbocycles. The minimum atomic E-state index is 0.450. The highest BCUT2D eigenvalue weighted by Crippen LogP contribution is 2.22. The Morgan fingerprint density at radius 1 is 1.54 bits per heavy atom. The second-order valence-corrected chi connectivity index (χ2v) is 3.86. The lowest BCUT2D eigenvalue weighted by molar-refractivity contribution is 0.958. The number of benzene rings is 1. The highest BCUT2D eigenvalue weighted by Gasteiger charge is 2.03. The van der Waals surface area contributed by atoms with Crippen molar-refractivity contribution < 1.29 is 0 Å². The monoisotopic (exact) mass is 239 g/mol. The van der Waals surface area contributed by atoms with E-state index >= 15 is 0 Å². The molecule has 0 amide bonds. The molecule has 4 heteroatoms. The zero-order valence-corrected chi connectivity index (χ0v) is 8.85. The number of fused-ring (bicyclic) bond motifs is 1. The second-order valence-electron chi connectivity index (χ2n) is 3.01. The van der Waals surface area contributed by atoms with Gasteiger partial charge in [-0.25, -0.2) is 4.98 Å². The maximum absolute atomic E-state index is 5.48. The first-order valence-electron chi connectivity index (χ1n) is 4.05. The van der Waals surface area contributed by atoms with E-state index < -0.39 is 0 Å². The molecule has 0 fully saturated rings. The highest BCUT2D eigenvalue weighted by atomic mass is 79.9. The zero-order chi connectivity index (χ0) is 9.42. The van der Waals surface area contributed by atoms with Crippen LogP contribution in [0.3, 0.4) is 0 Å². The summed E-state index contributed by atoms with van der Waals surface area (Å²) in [6.07, 6.45) is 0. The third-order valence-corrected chi connectivity index (χ3v) is 2.86. The number of nitrogens with two attached hydrogens (primary N) is 1. The average molecular weight is 240 g/mol. The maximum atomic E-state index is 5.48. The summed E-state index contributed by atoms with van der Waals surface area (Å²) in [5.74, 6) is 0.826. The van der Waals surface area contributed by atoms with Gasteiger partial charge in [-0.3, -0.25) is 0 Å². The molecule has 0 aliphatic rings. The van der Waals surface area contributed by atoms with Crippen LogP contribution in [0.4, 0.5) is 0 Å². The summed E-state index contributed by atoms with van der Waals surface area (Å²) in [5.41, 5.74) is 8.68. The van der Waals surface area contributed by atoms with Gasteiger partial charge in [0.25, 0.3) is 0 Å². The molecule has 0 saturated heterocycles. The zero-order valence-electron chi connectivity index (χ0n) is 7.26. The van der Waals surface area contributed by atoms with Crippen molar-refractivity contribution in [1.29, 1.82) is 0 Å². The van der Waals surface area contributed by atoms with E-state index in [1.54, 1.807) is 0 Å². The molecule has 0 saturated carbocycles. The molecule has 1 aromatic heterocycles.